The third kappa shape index (κ3) is 6.79. The van der Waals surface area contributed by atoms with Gasteiger partial charge in [0.25, 0.3) is 0 Å². The second kappa shape index (κ2) is 11.8. The summed E-state index contributed by atoms with van der Waals surface area (Å²) in [6, 6.07) is 23.0. The van der Waals surface area contributed by atoms with E-state index in [1.165, 1.54) is 6.07 Å². The average Bonchev–Trinajstić information content (AvgIpc) is 2.91. The van der Waals surface area contributed by atoms with Gasteiger partial charge in [-0.2, -0.15) is 0 Å². The Hall–Kier alpha value is -4.46. The minimum Gasteiger partial charge on any atom is -0.429 e. The number of fused-ring (bicyclic) bond motifs is 1. The Balaban J connectivity index is 1.26. The van der Waals surface area contributed by atoms with Crippen LogP contribution in [0, 0.1) is 5.92 Å². The fourth-order valence-electron chi connectivity index (χ4n) is 3.88. The van der Waals surface area contributed by atoms with Gasteiger partial charge in [0.05, 0.1) is 11.5 Å². The maximum atomic E-state index is 12.4. The van der Waals surface area contributed by atoms with Crippen LogP contribution in [0.3, 0.4) is 0 Å². The summed E-state index contributed by atoms with van der Waals surface area (Å²) in [4.78, 5) is 48.6. The van der Waals surface area contributed by atoms with Crippen LogP contribution in [0.25, 0.3) is 0 Å². The fraction of sp³-hybridized carbons (Fsp3) is 0.214. The fourth-order valence-corrected chi connectivity index (χ4v) is 3.88. The van der Waals surface area contributed by atoms with Crippen LogP contribution in [0.2, 0.25) is 0 Å². The second-order valence-electron chi connectivity index (χ2n) is 8.28. The maximum absolute atomic E-state index is 12.4. The average molecular weight is 488 g/mol. The minimum absolute atomic E-state index is 0.00553. The molecule has 184 valence electrons. The zero-order chi connectivity index (χ0) is 25.3. The highest BCUT2D eigenvalue weighted by Gasteiger charge is 2.29. The topological polar surface area (TPSA) is 105 Å². The van der Waals surface area contributed by atoms with Crippen LogP contribution in [0.4, 0.5) is 9.59 Å². The molecule has 0 spiro atoms. The largest absolute Gasteiger partial charge is 0.516 e. The molecule has 3 aromatic carbocycles. The highest BCUT2D eigenvalue weighted by Crippen LogP contribution is 2.28. The van der Waals surface area contributed by atoms with Crippen molar-refractivity contribution in [3.8, 4) is 0 Å². The van der Waals surface area contributed by atoms with Crippen LogP contribution in [0.1, 0.15) is 39.0 Å². The standard InChI is InChI=1S/C28H24O8/c29-25(35-27(31)33-17-19-7-3-1-4-8-19)23-13-11-22-16-24(14-12-21(22)15-23)26(30)36-28(32)34-18-20-9-5-2-6-10-20/h1-11,13,15,24H,12,14,16-18H2. The summed E-state index contributed by atoms with van der Waals surface area (Å²) in [7, 11) is 0. The molecule has 36 heavy (non-hydrogen) atoms. The van der Waals surface area contributed by atoms with Crippen molar-refractivity contribution >= 4 is 24.2 Å². The van der Waals surface area contributed by atoms with Gasteiger partial charge in [0, 0.05) is 0 Å². The Morgan fingerprint density at radius 1 is 0.694 bits per heavy atom. The summed E-state index contributed by atoms with van der Waals surface area (Å²) in [5.41, 5.74) is 3.47. The van der Waals surface area contributed by atoms with Gasteiger partial charge >= 0.3 is 24.2 Å². The number of aryl methyl sites for hydroxylation is 1. The van der Waals surface area contributed by atoms with E-state index in [0.29, 0.717) is 19.3 Å². The van der Waals surface area contributed by atoms with Crippen LogP contribution in [0.5, 0.6) is 0 Å². The molecule has 1 unspecified atom stereocenters. The number of hydrogen-bond donors (Lipinski definition) is 0. The molecule has 0 aromatic heterocycles. The lowest BCUT2D eigenvalue weighted by Gasteiger charge is -2.23. The monoisotopic (exact) mass is 488 g/mol. The zero-order valence-corrected chi connectivity index (χ0v) is 19.4. The van der Waals surface area contributed by atoms with Crippen molar-refractivity contribution < 1.29 is 38.1 Å². The van der Waals surface area contributed by atoms with Gasteiger partial charge < -0.3 is 18.9 Å². The Morgan fingerprint density at radius 2 is 1.28 bits per heavy atom. The molecule has 0 bridgehead atoms. The highest BCUT2D eigenvalue weighted by molar-refractivity contribution is 5.95. The van der Waals surface area contributed by atoms with Gasteiger partial charge in [-0.25, -0.2) is 14.4 Å². The minimum atomic E-state index is -1.08. The quantitative estimate of drug-likeness (QED) is 0.346. The summed E-state index contributed by atoms with van der Waals surface area (Å²) in [6.45, 7) is 0.00750. The number of carbonyl (C=O) groups is 4. The number of hydrogen-bond acceptors (Lipinski definition) is 8. The molecule has 0 fully saturated rings. The van der Waals surface area contributed by atoms with Gasteiger partial charge in [-0.15, -0.1) is 0 Å². The molecule has 1 aliphatic carbocycles. The summed E-state index contributed by atoms with van der Waals surface area (Å²) in [6.07, 6.45) is -0.826. The second-order valence-corrected chi connectivity index (χ2v) is 8.28. The third-order valence-corrected chi connectivity index (χ3v) is 5.76. The third-order valence-electron chi connectivity index (χ3n) is 5.76. The Bertz CT molecular complexity index is 1240. The van der Waals surface area contributed by atoms with E-state index in [4.69, 9.17) is 18.9 Å². The van der Waals surface area contributed by atoms with Gasteiger partial charge in [-0.1, -0.05) is 66.7 Å². The molecule has 0 radical (unpaired) electrons. The van der Waals surface area contributed by atoms with Crippen molar-refractivity contribution in [2.45, 2.75) is 32.5 Å². The van der Waals surface area contributed by atoms with Crippen LogP contribution in [-0.2, 0) is 49.8 Å². The molecule has 0 aliphatic heterocycles. The van der Waals surface area contributed by atoms with Crippen LogP contribution >= 0.6 is 0 Å². The predicted molar refractivity (Wildman–Crippen MR) is 127 cm³/mol. The van der Waals surface area contributed by atoms with E-state index in [2.05, 4.69) is 0 Å². The smallest absolute Gasteiger partial charge is 0.429 e. The molecule has 0 saturated heterocycles. The lowest BCUT2D eigenvalue weighted by molar-refractivity contribution is -0.145. The lowest BCUT2D eigenvalue weighted by atomic mass is 9.83. The first-order valence-electron chi connectivity index (χ1n) is 11.4. The molecule has 8 nitrogen and oxygen atoms in total. The molecule has 0 N–H and O–H groups in total. The summed E-state index contributed by atoms with van der Waals surface area (Å²) < 4.78 is 19.6. The maximum Gasteiger partial charge on any atom is 0.516 e. The number of rotatable bonds is 6. The van der Waals surface area contributed by atoms with E-state index < -0.39 is 30.2 Å². The Kier molecular flexibility index (Phi) is 8.08. The van der Waals surface area contributed by atoms with Crippen LogP contribution < -0.4 is 0 Å². The van der Waals surface area contributed by atoms with Crippen molar-refractivity contribution in [2.24, 2.45) is 5.92 Å². The van der Waals surface area contributed by atoms with Gasteiger partial charge in [-0.3, -0.25) is 4.79 Å². The zero-order valence-electron chi connectivity index (χ0n) is 19.4. The molecule has 3 aromatic rings. The molecular formula is C28H24O8. The van der Waals surface area contributed by atoms with E-state index in [1.54, 1.807) is 36.4 Å². The van der Waals surface area contributed by atoms with Crippen molar-refractivity contribution in [1.29, 1.82) is 0 Å². The molecule has 1 aliphatic rings. The van der Waals surface area contributed by atoms with Crippen molar-refractivity contribution in [3.63, 3.8) is 0 Å². The summed E-state index contributed by atoms with van der Waals surface area (Å²) >= 11 is 0. The number of esters is 2. The summed E-state index contributed by atoms with van der Waals surface area (Å²) in [5, 5.41) is 0. The molecular weight excluding hydrogens is 464 g/mol. The van der Waals surface area contributed by atoms with E-state index in [9.17, 15) is 19.2 Å². The van der Waals surface area contributed by atoms with E-state index in [-0.39, 0.29) is 18.8 Å². The van der Waals surface area contributed by atoms with Gasteiger partial charge in [0.15, 0.2) is 0 Å². The van der Waals surface area contributed by atoms with Crippen molar-refractivity contribution in [1.82, 2.24) is 0 Å². The first kappa shape index (κ1) is 24.7. The molecule has 0 saturated carbocycles. The Labute approximate surface area is 207 Å². The van der Waals surface area contributed by atoms with E-state index in [0.717, 1.165) is 22.3 Å². The first-order valence-corrected chi connectivity index (χ1v) is 11.4. The Morgan fingerprint density at radius 3 is 1.89 bits per heavy atom. The van der Waals surface area contributed by atoms with Gasteiger partial charge in [0.1, 0.15) is 13.2 Å². The predicted octanol–water partition coefficient (Wildman–Crippen LogP) is 5.17. The van der Waals surface area contributed by atoms with Crippen LogP contribution in [-0.4, -0.2) is 24.2 Å². The molecule has 4 rings (SSSR count). The van der Waals surface area contributed by atoms with Crippen LogP contribution in [0.15, 0.2) is 78.9 Å². The normalized spacial score (nSPS) is 14.2. The molecule has 1 atom stereocenters. The SMILES string of the molecule is O=C(OCc1ccccc1)OC(=O)c1ccc2c(c1)CCC(C(=O)OC(=O)OCc1ccccc1)C2. The van der Waals surface area contributed by atoms with E-state index >= 15 is 0 Å². The van der Waals surface area contributed by atoms with Crippen molar-refractivity contribution in [3.05, 3.63) is 107 Å². The number of benzene rings is 3. The number of carbonyl (C=O) groups excluding carboxylic acids is 4. The van der Waals surface area contributed by atoms with Gasteiger partial charge in [0.2, 0.25) is 0 Å². The van der Waals surface area contributed by atoms with Crippen molar-refractivity contribution in [2.75, 3.05) is 0 Å². The summed E-state index contributed by atoms with van der Waals surface area (Å²) in [5.74, 6) is -1.98. The lowest BCUT2D eigenvalue weighted by Crippen LogP contribution is -2.27. The molecule has 0 heterocycles. The molecule has 8 heteroatoms. The van der Waals surface area contributed by atoms with Gasteiger partial charge in [-0.05, 0) is 53.6 Å². The van der Waals surface area contributed by atoms with E-state index in [1.807, 2.05) is 36.4 Å². The molecule has 0 amide bonds. The highest BCUT2D eigenvalue weighted by atomic mass is 16.7. The first-order chi connectivity index (χ1) is 17.5. The number of ether oxygens (including phenoxy) is 4.